The van der Waals surface area contributed by atoms with Gasteiger partial charge < -0.3 is 30.2 Å². The van der Waals surface area contributed by atoms with Gasteiger partial charge in [0, 0.05) is 13.5 Å². The summed E-state index contributed by atoms with van der Waals surface area (Å²) >= 11 is 0. The Balaban J connectivity index is 3.51. The number of aliphatic hydroxyl groups excluding tert-OH is 1. The molecule has 0 amide bonds. The Morgan fingerprint density at radius 3 is 2.48 bits per heavy atom. The van der Waals surface area contributed by atoms with Gasteiger partial charge in [0.2, 0.25) is 0 Å². The van der Waals surface area contributed by atoms with Crippen LogP contribution in [-0.2, 0) is 29.9 Å². The summed E-state index contributed by atoms with van der Waals surface area (Å²) < 4.78 is 15.4. The van der Waals surface area contributed by atoms with E-state index in [0.29, 0.717) is 44.4 Å². The molecule has 0 saturated heterocycles. The molecule has 0 aromatic carbocycles. The monoisotopic (exact) mass is 326 g/mol. The normalized spacial score (nSPS) is 15.6. The molecule has 0 bridgehead atoms. The van der Waals surface area contributed by atoms with Crippen molar-refractivity contribution in [2.45, 2.75) is 18.6 Å². The van der Waals surface area contributed by atoms with E-state index < -0.39 is 18.1 Å². The molecule has 126 valence electrons. The first-order valence-electron chi connectivity index (χ1n) is 6.87. The van der Waals surface area contributed by atoms with Crippen LogP contribution in [0, 0.1) is 0 Å². The molecule has 0 fully saturated rings. The molecule has 21 heavy (non-hydrogen) atoms. The third-order valence-corrected chi connectivity index (χ3v) is 4.57. The minimum atomic E-state index is -0.982. The summed E-state index contributed by atoms with van der Waals surface area (Å²) in [5.41, 5.74) is 5.44. The number of rotatable bonds is 14. The van der Waals surface area contributed by atoms with Crippen LogP contribution in [0.5, 0.6) is 0 Å². The maximum atomic E-state index is 10.6. The Kier molecular flexibility index (Phi) is 13.1. The van der Waals surface area contributed by atoms with Crippen LogP contribution >= 0.6 is 0 Å². The number of aliphatic hydroxyl groups is 1. The van der Waals surface area contributed by atoms with Gasteiger partial charge in [-0.2, -0.15) is 0 Å². The fourth-order valence-corrected chi connectivity index (χ4v) is 3.07. The van der Waals surface area contributed by atoms with E-state index in [9.17, 15) is 9.90 Å². The van der Waals surface area contributed by atoms with Crippen molar-refractivity contribution in [3.63, 3.8) is 0 Å². The van der Waals surface area contributed by atoms with Gasteiger partial charge in [0.15, 0.2) is 0 Å². The van der Waals surface area contributed by atoms with Gasteiger partial charge in [0.25, 0.3) is 0 Å². The topological polar surface area (TPSA) is 111 Å². The predicted octanol–water partition coefficient (Wildman–Crippen LogP) is -0.923. The second-order valence-electron chi connectivity index (χ2n) is 4.72. The summed E-state index contributed by atoms with van der Waals surface area (Å²) in [6.07, 6.45) is 1.87. The molecule has 0 saturated carbocycles. The van der Waals surface area contributed by atoms with Crippen molar-refractivity contribution in [2.75, 3.05) is 57.9 Å². The van der Waals surface area contributed by atoms with Crippen LogP contribution < -0.4 is 5.73 Å². The minimum Gasteiger partial charge on any atom is -0.480 e. The molecular formula is C13H28NO6S+. The second-order valence-corrected chi connectivity index (χ2v) is 7.02. The first kappa shape index (κ1) is 20.6. The predicted molar refractivity (Wildman–Crippen MR) is 82.8 cm³/mol. The Hall–Kier alpha value is -0.380. The van der Waals surface area contributed by atoms with Crippen molar-refractivity contribution in [1.82, 2.24) is 0 Å². The Bertz CT molecular complexity index is 269. The van der Waals surface area contributed by atoms with E-state index in [1.54, 1.807) is 7.11 Å². The van der Waals surface area contributed by atoms with E-state index in [2.05, 4.69) is 0 Å². The van der Waals surface area contributed by atoms with Gasteiger partial charge in [0.1, 0.15) is 23.7 Å². The van der Waals surface area contributed by atoms with E-state index in [1.807, 2.05) is 6.26 Å². The number of carbonyl (C=O) groups is 1. The molecule has 8 heteroatoms. The largest absolute Gasteiger partial charge is 0.480 e. The lowest BCUT2D eigenvalue weighted by molar-refractivity contribution is -0.138. The first-order chi connectivity index (χ1) is 9.97. The van der Waals surface area contributed by atoms with E-state index >= 15 is 0 Å². The standard InChI is InChI=1S/C13H27NO6S/c1-18-4-5-19-6-7-20-9-11(15)10-21(2)8-3-12(14)13(16)17/h11-12,15H,3-10,14H2,1-2H3/p+1/t11?,12-,21?/m0/s1. The molecule has 0 rings (SSSR count). The smallest absolute Gasteiger partial charge is 0.320 e. The fraction of sp³-hybridized carbons (Fsp3) is 0.923. The highest BCUT2D eigenvalue weighted by molar-refractivity contribution is 7.96. The lowest BCUT2D eigenvalue weighted by Gasteiger charge is -2.12. The van der Waals surface area contributed by atoms with E-state index in [0.717, 1.165) is 0 Å². The second kappa shape index (κ2) is 13.3. The van der Waals surface area contributed by atoms with Gasteiger partial charge in [-0.25, -0.2) is 0 Å². The molecule has 4 N–H and O–H groups in total. The van der Waals surface area contributed by atoms with Crippen molar-refractivity contribution < 1.29 is 29.2 Å². The van der Waals surface area contributed by atoms with Crippen molar-refractivity contribution in [3.8, 4) is 0 Å². The molecule has 0 aliphatic heterocycles. The van der Waals surface area contributed by atoms with Gasteiger partial charge in [-0.15, -0.1) is 0 Å². The highest BCUT2D eigenvalue weighted by Gasteiger charge is 2.21. The van der Waals surface area contributed by atoms with Gasteiger partial charge in [-0.1, -0.05) is 0 Å². The number of aliphatic carboxylic acids is 1. The highest BCUT2D eigenvalue weighted by atomic mass is 32.2. The van der Waals surface area contributed by atoms with Crippen molar-refractivity contribution >= 4 is 16.9 Å². The third kappa shape index (κ3) is 13.0. The summed E-state index contributed by atoms with van der Waals surface area (Å²) in [5, 5.41) is 18.5. The van der Waals surface area contributed by atoms with Gasteiger partial charge in [0.05, 0.1) is 39.3 Å². The molecule has 0 spiro atoms. The molecule has 7 nitrogen and oxygen atoms in total. The number of carboxylic acid groups (broad SMARTS) is 1. The molecule has 0 aromatic heterocycles. The summed E-state index contributed by atoms with van der Waals surface area (Å²) in [6, 6.07) is -0.822. The summed E-state index contributed by atoms with van der Waals surface area (Å²) in [6.45, 7) is 2.25. The van der Waals surface area contributed by atoms with E-state index in [1.165, 1.54) is 0 Å². The van der Waals surface area contributed by atoms with Crippen LogP contribution in [0.4, 0.5) is 0 Å². The number of hydrogen-bond donors (Lipinski definition) is 3. The van der Waals surface area contributed by atoms with Crippen LogP contribution in [0.15, 0.2) is 0 Å². The lowest BCUT2D eigenvalue weighted by atomic mass is 10.2. The third-order valence-electron chi connectivity index (χ3n) is 2.69. The molecule has 3 atom stereocenters. The summed E-state index contributed by atoms with van der Waals surface area (Å²) in [7, 11) is 1.54. The number of hydrogen-bond acceptors (Lipinski definition) is 6. The van der Waals surface area contributed by atoms with Gasteiger partial charge >= 0.3 is 5.97 Å². The Labute approximate surface area is 129 Å². The van der Waals surface area contributed by atoms with Crippen molar-refractivity contribution in [1.29, 1.82) is 0 Å². The molecule has 0 aromatic rings. The van der Waals surface area contributed by atoms with Crippen LogP contribution in [0.3, 0.4) is 0 Å². The number of carboxylic acids is 1. The molecule has 2 unspecified atom stereocenters. The van der Waals surface area contributed by atoms with Crippen LogP contribution in [0.25, 0.3) is 0 Å². The maximum absolute atomic E-state index is 10.6. The van der Waals surface area contributed by atoms with Crippen molar-refractivity contribution in [3.05, 3.63) is 0 Å². The zero-order valence-electron chi connectivity index (χ0n) is 12.8. The van der Waals surface area contributed by atoms with Crippen molar-refractivity contribution in [2.24, 2.45) is 5.73 Å². The fourth-order valence-electron chi connectivity index (χ4n) is 1.49. The highest BCUT2D eigenvalue weighted by Crippen LogP contribution is 2.01. The number of nitrogens with two attached hydrogens (primary N) is 1. The molecular weight excluding hydrogens is 298 g/mol. The number of methoxy groups -OCH3 is 1. The lowest BCUT2D eigenvalue weighted by Crippen LogP contribution is -2.34. The zero-order valence-corrected chi connectivity index (χ0v) is 13.6. The molecule has 0 aliphatic carbocycles. The minimum absolute atomic E-state index is 0.0699. The quantitative estimate of drug-likeness (QED) is 0.279. The van der Waals surface area contributed by atoms with E-state index in [4.69, 9.17) is 25.1 Å². The van der Waals surface area contributed by atoms with Gasteiger partial charge in [-0.05, 0) is 10.9 Å². The van der Waals surface area contributed by atoms with Crippen LogP contribution in [0.2, 0.25) is 0 Å². The molecule has 0 aliphatic rings. The summed E-state index contributed by atoms with van der Waals surface area (Å²) in [4.78, 5) is 10.6. The maximum Gasteiger partial charge on any atom is 0.320 e. The SMILES string of the molecule is COCCOCCOCC(O)C[S+](C)CC[C@H](N)C(=O)O. The summed E-state index contributed by atoms with van der Waals surface area (Å²) in [5.74, 6) is 0.311. The molecule has 0 radical (unpaired) electrons. The zero-order chi connectivity index (χ0) is 16.1. The van der Waals surface area contributed by atoms with Crippen LogP contribution in [0.1, 0.15) is 6.42 Å². The number of ether oxygens (including phenoxy) is 3. The van der Waals surface area contributed by atoms with E-state index in [-0.39, 0.29) is 17.5 Å². The molecule has 0 heterocycles. The average molecular weight is 326 g/mol. The average Bonchev–Trinajstić information content (AvgIpc) is 2.43. The Morgan fingerprint density at radius 2 is 1.86 bits per heavy atom. The first-order valence-corrected chi connectivity index (χ1v) is 8.84. The van der Waals surface area contributed by atoms with Gasteiger partial charge in [-0.3, -0.25) is 4.79 Å². The van der Waals surface area contributed by atoms with Crippen LogP contribution in [-0.4, -0.2) is 86.2 Å². The Morgan fingerprint density at radius 1 is 1.24 bits per heavy atom.